The topological polar surface area (TPSA) is 18.5 Å². The van der Waals surface area contributed by atoms with Gasteiger partial charge in [-0.1, -0.05) is 29.8 Å². The number of ether oxygens (including phenoxy) is 2. The Kier molecular flexibility index (Phi) is 2.54. The van der Waals surface area contributed by atoms with Gasteiger partial charge in [-0.15, -0.1) is 0 Å². The van der Waals surface area contributed by atoms with Gasteiger partial charge in [0.25, 0.3) is 0 Å². The zero-order chi connectivity index (χ0) is 9.80. The minimum Gasteiger partial charge on any atom is -0.466 e. The summed E-state index contributed by atoms with van der Waals surface area (Å²) >= 11 is 0. The summed E-state index contributed by atoms with van der Waals surface area (Å²) in [4.78, 5) is 0. The summed E-state index contributed by atoms with van der Waals surface area (Å²) in [5.74, 6) is 0.830. The fourth-order valence-corrected chi connectivity index (χ4v) is 1.28. The van der Waals surface area contributed by atoms with Gasteiger partial charge >= 0.3 is 0 Å². The number of rotatable bonds is 2. The second kappa shape index (κ2) is 4.01. The highest BCUT2D eigenvalue weighted by atomic mass is 16.5. The largest absolute Gasteiger partial charge is 0.466 e. The second-order valence-corrected chi connectivity index (χ2v) is 3.27. The molecule has 14 heavy (non-hydrogen) atoms. The van der Waals surface area contributed by atoms with Crippen molar-refractivity contribution in [2.45, 2.75) is 13.3 Å². The predicted molar refractivity (Wildman–Crippen MR) is 54.3 cm³/mol. The molecule has 1 aliphatic heterocycles. The van der Waals surface area contributed by atoms with Crippen molar-refractivity contribution in [3.63, 3.8) is 0 Å². The van der Waals surface area contributed by atoms with Crippen molar-refractivity contribution < 1.29 is 9.47 Å². The van der Waals surface area contributed by atoms with Crippen LogP contribution >= 0.6 is 0 Å². The van der Waals surface area contributed by atoms with Crippen molar-refractivity contribution in [1.29, 1.82) is 0 Å². The zero-order valence-corrected chi connectivity index (χ0v) is 8.07. The van der Waals surface area contributed by atoms with E-state index in [2.05, 4.69) is 31.2 Å². The summed E-state index contributed by atoms with van der Waals surface area (Å²) in [6, 6.07) is 8.38. The molecule has 0 bridgehead atoms. The molecule has 1 aliphatic rings. The minimum atomic E-state index is 0.768. The molecule has 0 atom stereocenters. The molecule has 1 heterocycles. The normalized spacial score (nSPS) is 14.2. The lowest BCUT2D eigenvalue weighted by Crippen LogP contribution is -1.96. The molecule has 2 rings (SSSR count). The van der Waals surface area contributed by atoms with Crippen LogP contribution in [0, 0.1) is 6.92 Å². The molecule has 0 saturated carbocycles. The maximum atomic E-state index is 5.27. The van der Waals surface area contributed by atoms with Crippen LogP contribution in [0.4, 0.5) is 0 Å². The van der Waals surface area contributed by atoms with Crippen molar-refractivity contribution in [3.8, 4) is 0 Å². The van der Waals surface area contributed by atoms with Crippen LogP contribution in [-0.2, 0) is 15.9 Å². The van der Waals surface area contributed by atoms with Gasteiger partial charge in [0.1, 0.15) is 24.5 Å². The molecule has 2 nitrogen and oxygen atoms in total. The molecule has 0 unspecified atom stereocenters. The van der Waals surface area contributed by atoms with Crippen LogP contribution in [0.15, 0.2) is 48.8 Å². The van der Waals surface area contributed by atoms with E-state index >= 15 is 0 Å². The SMILES string of the molecule is Cc1ccc(CC2=COC=CO2)cc1. The van der Waals surface area contributed by atoms with E-state index in [1.807, 2.05) is 0 Å². The molecule has 0 spiro atoms. The van der Waals surface area contributed by atoms with Crippen molar-refractivity contribution in [1.82, 2.24) is 0 Å². The van der Waals surface area contributed by atoms with Gasteiger partial charge in [0.15, 0.2) is 0 Å². The third-order valence-electron chi connectivity index (χ3n) is 2.05. The molecule has 1 aromatic carbocycles. The summed E-state index contributed by atoms with van der Waals surface area (Å²) in [6.45, 7) is 2.08. The van der Waals surface area contributed by atoms with E-state index in [4.69, 9.17) is 9.47 Å². The van der Waals surface area contributed by atoms with Crippen molar-refractivity contribution in [2.24, 2.45) is 0 Å². The highest BCUT2D eigenvalue weighted by Crippen LogP contribution is 2.13. The van der Waals surface area contributed by atoms with Crippen LogP contribution in [0.25, 0.3) is 0 Å². The van der Waals surface area contributed by atoms with E-state index in [9.17, 15) is 0 Å². The Bertz CT molecular complexity index is 360. The molecule has 0 fully saturated rings. The fraction of sp³-hybridized carbons (Fsp3) is 0.167. The number of benzene rings is 1. The van der Waals surface area contributed by atoms with Crippen molar-refractivity contribution >= 4 is 0 Å². The number of hydrogen-bond donors (Lipinski definition) is 0. The number of allylic oxidation sites excluding steroid dienone is 1. The van der Waals surface area contributed by atoms with Gasteiger partial charge in [0.2, 0.25) is 0 Å². The number of aryl methyl sites for hydroxylation is 1. The fourth-order valence-electron chi connectivity index (χ4n) is 1.28. The smallest absolute Gasteiger partial charge is 0.143 e. The first-order valence-electron chi connectivity index (χ1n) is 4.56. The summed E-state index contributed by atoms with van der Waals surface area (Å²) in [7, 11) is 0. The molecule has 0 aromatic heterocycles. The Balaban J connectivity index is 2.03. The van der Waals surface area contributed by atoms with E-state index in [0.29, 0.717) is 0 Å². The highest BCUT2D eigenvalue weighted by Gasteiger charge is 2.02. The lowest BCUT2D eigenvalue weighted by molar-refractivity contribution is 0.251. The average Bonchev–Trinajstić information content (AvgIpc) is 2.23. The van der Waals surface area contributed by atoms with Crippen LogP contribution in [-0.4, -0.2) is 0 Å². The predicted octanol–water partition coefficient (Wildman–Crippen LogP) is 2.90. The zero-order valence-electron chi connectivity index (χ0n) is 8.07. The molecule has 0 amide bonds. The Hall–Kier alpha value is -1.70. The van der Waals surface area contributed by atoms with E-state index in [1.165, 1.54) is 17.4 Å². The van der Waals surface area contributed by atoms with Gasteiger partial charge in [0, 0.05) is 6.42 Å². The van der Waals surface area contributed by atoms with Crippen LogP contribution in [0.2, 0.25) is 0 Å². The molecule has 2 heteroatoms. The maximum Gasteiger partial charge on any atom is 0.143 e. The quantitative estimate of drug-likeness (QED) is 0.710. The first kappa shape index (κ1) is 8.88. The first-order valence-corrected chi connectivity index (χ1v) is 4.56. The van der Waals surface area contributed by atoms with E-state index in [1.54, 1.807) is 12.5 Å². The Morgan fingerprint density at radius 3 is 2.50 bits per heavy atom. The lowest BCUT2D eigenvalue weighted by atomic mass is 10.1. The Labute approximate surface area is 83.5 Å². The van der Waals surface area contributed by atoms with Crippen LogP contribution in [0.1, 0.15) is 11.1 Å². The van der Waals surface area contributed by atoms with Crippen molar-refractivity contribution in [2.75, 3.05) is 0 Å². The highest BCUT2D eigenvalue weighted by molar-refractivity contribution is 5.24. The van der Waals surface area contributed by atoms with Gasteiger partial charge < -0.3 is 9.47 Å². The van der Waals surface area contributed by atoms with Gasteiger partial charge in [-0.3, -0.25) is 0 Å². The lowest BCUT2D eigenvalue weighted by Gasteiger charge is -2.09. The second-order valence-electron chi connectivity index (χ2n) is 3.27. The van der Waals surface area contributed by atoms with Crippen LogP contribution in [0.5, 0.6) is 0 Å². The third-order valence-corrected chi connectivity index (χ3v) is 2.05. The summed E-state index contributed by atoms with van der Waals surface area (Å²) in [5.41, 5.74) is 2.49. The minimum absolute atomic E-state index is 0.768. The van der Waals surface area contributed by atoms with E-state index < -0.39 is 0 Å². The maximum absolute atomic E-state index is 5.27. The van der Waals surface area contributed by atoms with Gasteiger partial charge in [-0.05, 0) is 12.5 Å². The average molecular weight is 188 g/mol. The molecule has 1 aromatic rings. The van der Waals surface area contributed by atoms with Gasteiger partial charge in [-0.2, -0.15) is 0 Å². The standard InChI is InChI=1S/C12H12O2/c1-10-2-4-11(5-3-10)8-12-9-13-6-7-14-12/h2-7,9H,8H2,1H3. The summed E-state index contributed by atoms with van der Waals surface area (Å²) < 4.78 is 10.3. The van der Waals surface area contributed by atoms with E-state index in [0.717, 1.165) is 12.2 Å². The van der Waals surface area contributed by atoms with E-state index in [-0.39, 0.29) is 0 Å². The summed E-state index contributed by atoms with van der Waals surface area (Å²) in [5, 5.41) is 0. The Morgan fingerprint density at radius 2 is 1.86 bits per heavy atom. The monoisotopic (exact) mass is 188 g/mol. The Morgan fingerprint density at radius 1 is 1.07 bits per heavy atom. The molecule has 0 aliphatic carbocycles. The molecule has 0 N–H and O–H groups in total. The van der Waals surface area contributed by atoms with Crippen LogP contribution in [0.3, 0.4) is 0 Å². The molecular weight excluding hydrogens is 176 g/mol. The van der Waals surface area contributed by atoms with Gasteiger partial charge in [-0.25, -0.2) is 0 Å². The molecule has 0 saturated heterocycles. The number of hydrogen-bond acceptors (Lipinski definition) is 2. The first-order chi connectivity index (χ1) is 6.84. The molecule has 72 valence electrons. The van der Waals surface area contributed by atoms with Crippen LogP contribution < -0.4 is 0 Å². The molecule has 0 radical (unpaired) electrons. The summed E-state index contributed by atoms with van der Waals surface area (Å²) in [6.07, 6.45) is 5.45. The molecular formula is C12H12O2. The van der Waals surface area contributed by atoms with Gasteiger partial charge in [0.05, 0.1) is 0 Å². The third kappa shape index (κ3) is 2.16. The van der Waals surface area contributed by atoms with Crippen molar-refractivity contribution in [3.05, 3.63) is 59.9 Å².